The molecule has 1 aliphatic rings. The number of benzene rings is 2. The molecule has 0 bridgehead atoms. The zero-order valence-corrected chi connectivity index (χ0v) is 19.5. The summed E-state index contributed by atoms with van der Waals surface area (Å²) in [5.41, 5.74) is 1.78. The Morgan fingerprint density at radius 2 is 1.83 bits per heavy atom. The molecule has 1 aliphatic carbocycles. The first-order chi connectivity index (χ1) is 14.1. The number of Topliss-reactive ketones (excluding diaryl/α,β-unsaturated/α-hetero) is 1. The van der Waals surface area contributed by atoms with Gasteiger partial charge in [-0.15, -0.1) is 0 Å². The Balaban J connectivity index is 1.81. The quantitative estimate of drug-likeness (QED) is 0.430. The number of halogens is 1. The molecule has 0 spiro atoms. The highest BCUT2D eigenvalue weighted by Crippen LogP contribution is 2.37. The maximum Gasteiger partial charge on any atom is 0.317 e. The van der Waals surface area contributed by atoms with Crippen LogP contribution in [0.2, 0.25) is 0 Å². The lowest BCUT2D eigenvalue weighted by molar-refractivity contribution is -0.159. The minimum atomic E-state index is -0.799. The van der Waals surface area contributed by atoms with Crippen molar-refractivity contribution >= 4 is 27.7 Å². The van der Waals surface area contributed by atoms with E-state index in [0.717, 1.165) is 21.3 Å². The van der Waals surface area contributed by atoms with Crippen LogP contribution in [-0.2, 0) is 22.6 Å². The number of methoxy groups -OCH3 is 1. The van der Waals surface area contributed by atoms with Gasteiger partial charge in [0.05, 0.1) is 11.6 Å². The summed E-state index contributed by atoms with van der Waals surface area (Å²) in [5.74, 6) is -0.253. The molecule has 0 aliphatic heterocycles. The third-order valence-electron chi connectivity index (χ3n) is 5.03. The van der Waals surface area contributed by atoms with E-state index in [1.165, 1.54) is 0 Å². The molecule has 0 amide bonds. The van der Waals surface area contributed by atoms with Gasteiger partial charge in [-0.1, -0.05) is 19.1 Å². The molecule has 2 aromatic rings. The SMILES string of the molecule is COc1ccc(COc2cc3c(cc2Br)C[C@@H](C)C(C(=O)OC(C)(C)C)C3=O)cc1. The second-order valence-corrected chi connectivity index (χ2v) is 9.49. The molecule has 160 valence electrons. The van der Waals surface area contributed by atoms with Crippen molar-refractivity contribution < 1.29 is 23.8 Å². The molecule has 0 fully saturated rings. The third-order valence-corrected chi connectivity index (χ3v) is 5.65. The van der Waals surface area contributed by atoms with Crippen LogP contribution in [-0.4, -0.2) is 24.5 Å². The Bertz CT molecular complexity index is 943. The molecule has 30 heavy (non-hydrogen) atoms. The summed E-state index contributed by atoms with van der Waals surface area (Å²) >= 11 is 3.55. The Morgan fingerprint density at radius 1 is 1.17 bits per heavy atom. The lowest BCUT2D eigenvalue weighted by Gasteiger charge is -2.31. The van der Waals surface area contributed by atoms with Crippen LogP contribution >= 0.6 is 15.9 Å². The van der Waals surface area contributed by atoms with Gasteiger partial charge in [0.25, 0.3) is 0 Å². The number of ketones is 1. The van der Waals surface area contributed by atoms with Crippen molar-refractivity contribution in [2.75, 3.05) is 7.11 Å². The molecule has 1 unspecified atom stereocenters. The van der Waals surface area contributed by atoms with Crippen molar-refractivity contribution in [3.05, 3.63) is 57.6 Å². The van der Waals surface area contributed by atoms with Crippen LogP contribution in [0.5, 0.6) is 11.5 Å². The first kappa shape index (κ1) is 22.3. The fraction of sp³-hybridized carbons (Fsp3) is 0.417. The zero-order valence-electron chi connectivity index (χ0n) is 18.0. The van der Waals surface area contributed by atoms with Crippen molar-refractivity contribution in [3.8, 4) is 11.5 Å². The van der Waals surface area contributed by atoms with Gasteiger partial charge in [0, 0.05) is 5.56 Å². The molecule has 0 saturated heterocycles. The van der Waals surface area contributed by atoms with Crippen molar-refractivity contribution in [2.45, 2.75) is 46.3 Å². The molecular formula is C24H27BrO5. The lowest BCUT2D eigenvalue weighted by atomic mass is 9.75. The van der Waals surface area contributed by atoms with Crippen LogP contribution in [0.1, 0.15) is 49.2 Å². The smallest absolute Gasteiger partial charge is 0.317 e. The second kappa shape index (κ2) is 8.80. The zero-order chi connectivity index (χ0) is 22.1. The number of carbonyl (C=O) groups excluding carboxylic acids is 2. The van der Waals surface area contributed by atoms with E-state index in [0.29, 0.717) is 24.3 Å². The summed E-state index contributed by atoms with van der Waals surface area (Å²) in [6.45, 7) is 7.68. The summed E-state index contributed by atoms with van der Waals surface area (Å²) in [5, 5.41) is 0. The second-order valence-electron chi connectivity index (χ2n) is 8.63. The monoisotopic (exact) mass is 474 g/mol. The van der Waals surface area contributed by atoms with Gasteiger partial charge in [0.1, 0.15) is 29.6 Å². The van der Waals surface area contributed by atoms with Gasteiger partial charge < -0.3 is 14.2 Å². The van der Waals surface area contributed by atoms with E-state index in [-0.39, 0.29) is 11.7 Å². The maximum atomic E-state index is 13.2. The lowest BCUT2D eigenvalue weighted by Crippen LogP contribution is -2.40. The number of fused-ring (bicyclic) bond motifs is 1. The number of carbonyl (C=O) groups is 2. The fourth-order valence-electron chi connectivity index (χ4n) is 3.58. The van der Waals surface area contributed by atoms with E-state index < -0.39 is 17.5 Å². The van der Waals surface area contributed by atoms with E-state index in [1.807, 2.05) is 37.3 Å². The highest BCUT2D eigenvalue weighted by molar-refractivity contribution is 9.10. The standard InChI is InChI=1S/C24H27BrO5/c1-14-10-16-11-19(25)20(29-13-15-6-8-17(28-5)9-7-15)12-18(16)22(26)21(14)23(27)30-24(2,3)4/h6-9,11-12,14,21H,10,13H2,1-5H3/t14-,21?/m1/s1. The van der Waals surface area contributed by atoms with E-state index in [4.69, 9.17) is 14.2 Å². The molecule has 5 nitrogen and oxygen atoms in total. The number of rotatable bonds is 5. The number of esters is 1. The van der Waals surface area contributed by atoms with Crippen molar-refractivity contribution in [1.29, 1.82) is 0 Å². The van der Waals surface area contributed by atoms with Gasteiger partial charge in [-0.25, -0.2) is 0 Å². The molecule has 0 heterocycles. The van der Waals surface area contributed by atoms with Gasteiger partial charge in [-0.05, 0) is 84.4 Å². The highest BCUT2D eigenvalue weighted by Gasteiger charge is 2.41. The largest absolute Gasteiger partial charge is 0.497 e. The van der Waals surface area contributed by atoms with Crippen molar-refractivity contribution in [3.63, 3.8) is 0 Å². The van der Waals surface area contributed by atoms with Gasteiger partial charge in [-0.3, -0.25) is 9.59 Å². The normalized spacial score (nSPS) is 18.5. The molecule has 6 heteroatoms. The van der Waals surface area contributed by atoms with Gasteiger partial charge in [0.15, 0.2) is 5.78 Å². The predicted octanol–water partition coefficient (Wildman–Crippen LogP) is 5.37. The van der Waals surface area contributed by atoms with Crippen molar-refractivity contribution in [2.24, 2.45) is 11.8 Å². The van der Waals surface area contributed by atoms with Crippen LogP contribution in [0.25, 0.3) is 0 Å². The summed E-state index contributed by atoms with van der Waals surface area (Å²) in [6, 6.07) is 11.2. The predicted molar refractivity (Wildman–Crippen MR) is 118 cm³/mol. The van der Waals surface area contributed by atoms with Gasteiger partial charge in [-0.2, -0.15) is 0 Å². The molecule has 0 saturated carbocycles. The first-order valence-corrected chi connectivity index (χ1v) is 10.7. The van der Waals surface area contributed by atoms with Crippen molar-refractivity contribution in [1.82, 2.24) is 0 Å². The van der Waals surface area contributed by atoms with E-state index in [2.05, 4.69) is 15.9 Å². The highest BCUT2D eigenvalue weighted by atomic mass is 79.9. The maximum absolute atomic E-state index is 13.2. The minimum absolute atomic E-state index is 0.127. The van der Waals surface area contributed by atoms with Crippen LogP contribution in [0.4, 0.5) is 0 Å². The average Bonchev–Trinajstić information content (AvgIpc) is 2.65. The van der Waals surface area contributed by atoms with Crippen LogP contribution in [0.15, 0.2) is 40.9 Å². The minimum Gasteiger partial charge on any atom is -0.497 e. The van der Waals surface area contributed by atoms with E-state index >= 15 is 0 Å². The molecule has 3 rings (SSSR count). The van der Waals surface area contributed by atoms with Crippen LogP contribution in [0, 0.1) is 11.8 Å². The molecule has 2 aromatic carbocycles. The van der Waals surface area contributed by atoms with E-state index in [9.17, 15) is 9.59 Å². The Hall–Kier alpha value is -2.34. The van der Waals surface area contributed by atoms with Crippen LogP contribution < -0.4 is 9.47 Å². The van der Waals surface area contributed by atoms with Gasteiger partial charge in [0.2, 0.25) is 0 Å². The average molecular weight is 475 g/mol. The summed E-state index contributed by atoms with van der Waals surface area (Å²) in [6.07, 6.45) is 0.627. The summed E-state index contributed by atoms with van der Waals surface area (Å²) in [4.78, 5) is 25.8. The summed E-state index contributed by atoms with van der Waals surface area (Å²) in [7, 11) is 1.62. The number of ether oxygens (including phenoxy) is 3. The first-order valence-electron chi connectivity index (χ1n) is 9.94. The molecule has 0 radical (unpaired) electrons. The molecular weight excluding hydrogens is 448 g/mol. The van der Waals surface area contributed by atoms with E-state index in [1.54, 1.807) is 33.9 Å². The topological polar surface area (TPSA) is 61.8 Å². The Morgan fingerprint density at radius 3 is 2.43 bits per heavy atom. The summed E-state index contributed by atoms with van der Waals surface area (Å²) < 4.78 is 17.4. The Labute approximate surface area is 185 Å². The number of hydrogen-bond acceptors (Lipinski definition) is 5. The molecule has 0 N–H and O–H groups in total. The number of hydrogen-bond donors (Lipinski definition) is 0. The van der Waals surface area contributed by atoms with Gasteiger partial charge >= 0.3 is 5.97 Å². The molecule has 2 atom stereocenters. The fourth-order valence-corrected chi connectivity index (χ4v) is 4.09. The molecule has 0 aromatic heterocycles. The Kier molecular flexibility index (Phi) is 6.56. The third kappa shape index (κ3) is 5.04. The van der Waals surface area contributed by atoms with Crippen LogP contribution in [0.3, 0.4) is 0 Å².